The number of rotatable bonds is 2. The van der Waals surface area contributed by atoms with Crippen LogP contribution in [0.3, 0.4) is 0 Å². The molecule has 3 aliphatic rings. The van der Waals surface area contributed by atoms with Gasteiger partial charge in [0.2, 0.25) is 0 Å². The van der Waals surface area contributed by atoms with Gasteiger partial charge in [0.1, 0.15) is 5.76 Å². The largest absolute Gasteiger partial charge is 0.456 e. The quantitative estimate of drug-likeness (QED) is 0.810. The van der Waals surface area contributed by atoms with E-state index >= 15 is 0 Å². The molecule has 2 aliphatic heterocycles. The number of ether oxygens (including phenoxy) is 1. The average Bonchev–Trinajstić information content (AvgIpc) is 3.37. The molecule has 1 aromatic heterocycles. The summed E-state index contributed by atoms with van der Waals surface area (Å²) in [6, 6.07) is 3.45. The normalized spacial score (nSPS) is 28.5. The predicted octanol–water partition coefficient (Wildman–Crippen LogP) is 0.883. The molecule has 0 aromatic carbocycles. The van der Waals surface area contributed by atoms with Gasteiger partial charge in [0, 0.05) is 37.8 Å². The predicted molar refractivity (Wildman–Crippen MR) is 83.4 cm³/mol. The van der Waals surface area contributed by atoms with Crippen molar-refractivity contribution in [3.05, 3.63) is 33.9 Å². The number of piperazine rings is 1. The minimum atomic E-state index is -0.195. The molecule has 2 saturated heterocycles. The van der Waals surface area contributed by atoms with E-state index in [1.54, 1.807) is 11.8 Å². The Balaban J connectivity index is 1.49. The summed E-state index contributed by atoms with van der Waals surface area (Å²) in [4.78, 5) is 28.5. The minimum Gasteiger partial charge on any atom is -0.456 e. The van der Waals surface area contributed by atoms with Crippen LogP contribution in [-0.2, 0) is 4.74 Å². The van der Waals surface area contributed by atoms with Gasteiger partial charge in [-0.2, -0.15) is 0 Å². The number of hydrogen-bond acceptors (Lipinski definition) is 5. The fraction of sp³-hybridized carbons (Fsp3) is 0.647. The molecular formula is C17H22N2O4. The van der Waals surface area contributed by atoms with Crippen LogP contribution >= 0.6 is 0 Å². The molecule has 0 unspecified atom stereocenters. The van der Waals surface area contributed by atoms with Gasteiger partial charge in [-0.3, -0.25) is 14.5 Å². The van der Waals surface area contributed by atoms with Crippen molar-refractivity contribution < 1.29 is 13.9 Å². The van der Waals surface area contributed by atoms with Crippen LogP contribution in [0.25, 0.3) is 0 Å². The number of carbonyl (C=O) groups is 1. The lowest BCUT2D eigenvalue weighted by Gasteiger charge is -2.48. The van der Waals surface area contributed by atoms with E-state index in [1.165, 1.54) is 25.0 Å². The molecule has 6 nitrogen and oxygen atoms in total. The topological polar surface area (TPSA) is 63.0 Å². The third-order valence-corrected chi connectivity index (χ3v) is 5.11. The highest BCUT2D eigenvalue weighted by molar-refractivity contribution is 5.91. The Bertz CT molecular complexity index is 667. The van der Waals surface area contributed by atoms with E-state index in [4.69, 9.17) is 9.15 Å². The van der Waals surface area contributed by atoms with Gasteiger partial charge in [-0.15, -0.1) is 0 Å². The van der Waals surface area contributed by atoms with E-state index in [2.05, 4.69) is 4.90 Å². The lowest BCUT2D eigenvalue weighted by atomic mass is 10.0. The van der Waals surface area contributed by atoms with Crippen molar-refractivity contribution in [3.63, 3.8) is 0 Å². The number of morpholine rings is 1. The highest BCUT2D eigenvalue weighted by Gasteiger charge is 2.43. The molecule has 0 N–H and O–H groups in total. The third-order valence-electron chi connectivity index (χ3n) is 5.11. The highest BCUT2D eigenvalue weighted by Crippen LogP contribution is 2.38. The van der Waals surface area contributed by atoms with Crippen molar-refractivity contribution in [1.82, 2.24) is 9.80 Å². The average molecular weight is 318 g/mol. The Morgan fingerprint density at radius 1 is 1.22 bits per heavy atom. The summed E-state index contributed by atoms with van der Waals surface area (Å²) < 4.78 is 11.2. The smallest absolute Gasteiger partial charge is 0.289 e. The Morgan fingerprint density at radius 2 is 2.04 bits per heavy atom. The van der Waals surface area contributed by atoms with Gasteiger partial charge < -0.3 is 14.1 Å². The lowest BCUT2D eigenvalue weighted by Crippen LogP contribution is -2.63. The fourth-order valence-corrected chi connectivity index (χ4v) is 3.81. The van der Waals surface area contributed by atoms with Crippen LogP contribution in [0.15, 0.2) is 21.3 Å². The molecule has 1 amide bonds. The second-order valence-corrected chi connectivity index (χ2v) is 6.85. The second-order valence-electron chi connectivity index (χ2n) is 6.85. The molecule has 2 atom stereocenters. The Morgan fingerprint density at radius 3 is 2.78 bits per heavy atom. The van der Waals surface area contributed by atoms with Gasteiger partial charge in [0.25, 0.3) is 5.91 Å². The summed E-state index contributed by atoms with van der Waals surface area (Å²) in [7, 11) is 0. The zero-order chi connectivity index (χ0) is 16.0. The minimum absolute atomic E-state index is 0.138. The van der Waals surface area contributed by atoms with Gasteiger partial charge in [-0.25, -0.2) is 0 Å². The molecule has 0 radical (unpaired) electrons. The van der Waals surface area contributed by atoms with E-state index in [-0.39, 0.29) is 23.1 Å². The van der Waals surface area contributed by atoms with E-state index in [0.717, 1.165) is 19.1 Å². The monoisotopic (exact) mass is 318 g/mol. The lowest BCUT2D eigenvalue weighted by molar-refractivity contribution is -0.0819. The first-order valence-corrected chi connectivity index (χ1v) is 8.36. The summed E-state index contributed by atoms with van der Waals surface area (Å²) in [5.74, 6) is 1.18. The number of nitrogens with zero attached hydrogens (tertiary/aromatic N) is 2. The van der Waals surface area contributed by atoms with Crippen molar-refractivity contribution in [2.75, 3.05) is 32.8 Å². The molecule has 0 spiro atoms. The third kappa shape index (κ3) is 2.93. The number of carbonyl (C=O) groups excluding carboxylic acids is 1. The van der Waals surface area contributed by atoms with Gasteiger partial charge in [-0.05, 0) is 25.7 Å². The van der Waals surface area contributed by atoms with Crippen LogP contribution in [0.2, 0.25) is 0 Å². The molecule has 6 heteroatoms. The maximum absolute atomic E-state index is 12.6. The van der Waals surface area contributed by atoms with Crippen LogP contribution in [0.1, 0.15) is 29.2 Å². The SMILES string of the molecule is Cc1cc(=O)cc(C(=O)N2CCN3[C@@H](COC[C@@H]3C3CC3)C2)o1. The summed E-state index contributed by atoms with van der Waals surface area (Å²) in [6.45, 7) is 5.37. The zero-order valence-corrected chi connectivity index (χ0v) is 13.4. The van der Waals surface area contributed by atoms with Crippen molar-refractivity contribution >= 4 is 5.91 Å². The molecule has 1 aliphatic carbocycles. The van der Waals surface area contributed by atoms with Crippen molar-refractivity contribution in [1.29, 1.82) is 0 Å². The van der Waals surface area contributed by atoms with Gasteiger partial charge in [0.15, 0.2) is 11.2 Å². The summed E-state index contributed by atoms with van der Waals surface area (Å²) in [5, 5.41) is 0. The number of fused-ring (bicyclic) bond motifs is 1. The summed E-state index contributed by atoms with van der Waals surface area (Å²) in [6.07, 6.45) is 2.60. The van der Waals surface area contributed by atoms with Gasteiger partial charge >= 0.3 is 0 Å². The number of amides is 1. The van der Waals surface area contributed by atoms with Crippen molar-refractivity contribution in [3.8, 4) is 0 Å². The zero-order valence-electron chi connectivity index (χ0n) is 13.4. The maximum atomic E-state index is 12.6. The first kappa shape index (κ1) is 14.9. The summed E-state index contributed by atoms with van der Waals surface area (Å²) in [5.41, 5.74) is -0.189. The van der Waals surface area contributed by atoms with E-state index in [1.807, 2.05) is 0 Å². The Hall–Kier alpha value is -1.66. The molecule has 1 saturated carbocycles. The van der Waals surface area contributed by atoms with Crippen LogP contribution in [0.4, 0.5) is 0 Å². The van der Waals surface area contributed by atoms with Crippen molar-refractivity contribution in [2.45, 2.75) is 31.8 Å². The Kier molecular flexibility index (Phi) is 3.73. The highest BCUT2D eigenvalue weighted by atomic mass is 16.5. The molecule has 124 valence electrons. The Labute approximate surface area is 135 Å². The van der Waals surface area contributed by atoms with Crippen LogP contribution in [0.5, 0.6) is 0 Å². The first-order valence-electron chi connectivity index (χ1n) is 8.36. The van der Waals surface area contributed by atoms with E-state index < -0.39 is 0 Å². The number of aryl methyl sites for hydroxylation is 1. The van der Waals surface area contributed by atoms with Gasteiger partial charge in [0.05, 0.1) is 19.3 Å². The molecule has 1 aromatic rings. The van der Waals surface area contributed by atoms with Crippen LogP contribution < -0.4 is 5.43 Å². The van der Waals surface area contributed by atoms with E-state index in [0.29, 0.717) is 31.5 Å². The molecule has 4 rings (SSSR count). The van der Waals surface area contributed by atoms with Crippen LogP contribution in [-0.4, -0.2) is 60.6 Å². The molecule has 0 bridgehead atoms. The fourth-order valence-electron chi connectivity index (χ4n) is 3.81. The number of hydrogen-bond donors (Lipinski definition) is 0. The molecule has 23 heavy (non-hydrogen) atoms. The van der Waals surface area contributed by atoms with Crippen molar-refractivity contribution in [2.24, 2.45) is 5.92 Å². The summed E-state index contributed by atoms with van der Waals surface area (Å²) >= 11 is 0. The second kappa shape index (κ2) is 5.76. The molecule has 3 fully saturated rings. The molecule has 3 heterocycles. The van der Waals surface area contributed by atoms with Crippen LogP contribution in [0, 0.1) is 12.8 Å². The van der Waals surface area contributed by atoms with Gasteiger partial charge in [-0.1, -0.05) is 0 Å². The molecular weight excluding hydrogens is 296 g/mol. The maximum Gasteiger partial charge on any atom is 0.289 e. The van der Waals surface area contributed by atoms with E-state index in [9.17, 15) is 9.59 Å². The standard InChI is InChI=1S/C17H22N2O4/c1-11-6-14(20)7-16(23-11)17(21)18-4-5-19-13(8-18)9-22-10-15(19)12-2-3-12/h6-7,12-13,15H,2-5,8-10H2,1H3/t13-,15-/m1/s1. The first-order chi connectivity index (χ1) is 11.1.